The zero-order valence-corrected chi connectivity index (χ0v) is 15.5. The summed E-state index contributed by atoms with van der Waals surface area (Å²) in [7, 11) is 0. The molecule has 0 bridgehead atoms. The first-order chi connectivity index (χ1) is 13.0. The molecule has 1 aromatic carbocycles. The number of nitrogens with zero attached hydrogens (tertiary/aromatic N) is 2. The molecule has 1 N–H and O–H groups in total. The highest BCUT2D eigenvalue weighted by Gasteiger charge is 2.50. The summed E-state index contributed by atoms with van der Waals surface area (Å²) < 4.78 is 0. The molecule has 1 spiro atoms. The van der Waals surface area contributed by atoms with Gasteiger partial charge >= 0.3 is 5.97 Å². The molecule has 0 radical (unpaired) electrons. The molecule has 1 saturated carbocycles. The van der Waals surface area contributed by atoms with Crippen LogP contribution in [0.1, 0.15) is 37.7 Å². The molecule has 2 amide bonds. The van der Waals surface area contributed by atoms with E-state index in [0.29, 0.717) is 26.1 Å². The smallest absolute Gasteiger partial charge is 0.326 e. The van der Waals surface area contributed by atoms with Crippen LogP contribution in [0.4, 0.5) is 0 Å². The molecule has 1 aromatic rings. The van der Waals surface area contributed by atoms with Gasteiger partial charge < -0.3 is 14.9 Å². The summed E-state index contributed by atoms with van der Waals surface area (Å²) in [5.74, 6) is -0.570. The zero-order chi connectivity index (χ0) is 19.0. The molecule has 0 unspecified atom stereocenters. The van der Waals surface area contributed by atoms with Crippen LogP contribution in [0, 0.1) is 11.3 Å². The molecular weight excluding hydrogens is 344 g/mol. The standard InChI is InChI=1S/C21H26N2O4/c24-18(12-15-4-2-1-3-5-15)23-14-21(13-17(23)20(26)27)8-10-22(11-9-21)19(25)16-6-7-16/h1-5,16-17H,6-14H2,(H,26,27)/t17-/m0/s1. The van der Waals surface area contributed by atoms with Gasteiger partial charge in [-0.1, -0.05) is 30.3 Å². The maximum atomic E-state index is 12.8. The fraction of sp³-hybridized carbons (Fsp3) is 0.571. The molecule has 1 aliphatic carbocycles. The summed E-state index contributed by atoms with van der Waals surface area (Å²) in [6.07, 6.45) is 4.29. The van der Waals surface area contributed by atoms with Crippen molar-refractivity contribution >= 4 is 17.8 Å². The number of benzene rings is 1. The fourth-order valence-electron chi connectivity index (χ4n) is 4.56. The Hall–Kier alpha value is -2.37. The van der Waals surface area contributed by atoms with Gasteiger partial charge in [-0.05, 0) is 43.1 Å². The van der Waals surface area contributed by atoms with Gasteiger partial charge in [0.15, 0.2) is 0 Å². The summed E-state index contributed by atoms with van der Waals surface area (Å²) in [4.78, 5) is 40.4. The van der Waals surface area contributed by atoms with E-state index in [0.717, 1.165) is 31.2 Å². The van der Waals surface area contributed by atoms with Crippen molar-refractivity contribution in [3.8, 4) is 0 Å². The third-order valence-corrected chi connectivity index (χ3v) is 6.37. The van der Waals surface area contributed by atoms with Gasteiger partial charge in [-0.2, -0.15) is 0 Å². The minimum absolute atomic E-state index is 0.123. The number of hydrogen-bond acceptors (Lipinski definition) is 3. The minimum Gasteiger partial charge on any atom is -0.480 e. The topological polar surface area (TPSA) is 77.9 Å². The van der Waals surface area contributed by atoms with Gasteiger partial charge in [0.2, 0.25) is 11.8 Å². The number of rotatable bonds is 4. The van der Waals surface area contributed by atoms with Crippen molar-refractivity contribution in [2.24, 2.45) is 11.3 Å². The third-order valence-electron chi connectivity index (χ3n) is 6.37. The zero-order valence-electron chi connectivity index (χ0n) is 15.5. The Morgan fingerprint density at radius 1 is 1.07 bits per heavy atom. The van der Waals surface area contributed by atoms with Gasteiger partial charge in [0.1, 0.15) is 6.04 Å². The lowest BCUT2D eigenvalue weighted by Gasteiger charge is -2.39. The quantitative estimate of drug-likeness (QED) is 0.879. The van der Waals surface area contributed by atoms with Gasteiger partial charge in [-0.3, -0.25) is 9.59 Å². The molecule has 3 aliphatic rings. The molecule has 144 valence electrons. The fourth-order valence-corrected chi connectivity index (χ4v) is 4.56. The number of carboxylic acid groups (broad SMARTS) is 1. The summed E-state index contributed by atoms with van der Waals surface area (Å²) >= 11 is 0. The molecule has 27 heavy (non-hydrogen) atoms. The lowest BCUT2D eigenvalue weighted by atomic mass is 9.76. The number of hydrogen-bond donors (Lipinski definition) is 1. The average molecular weight is 370 g/mol. The molecule has 0 aromatic heterocycles. The molecule has 2 saturated heterocycles. The number of piperidine rings is 1. The van der Waals surface area contributed by atoms with E-state index < -0.39 is 12.0 Å². The van der Waals surface area contributed by atoms with Crippen LogP contribution in [0.2, 0.25) is 0 Å². The predicted octanol–water partition coefficient (Wildman–Crippen LogP) is 1.93. The Labute approximate surface area is 159 Å². The van der Waals surface area contributed by atoms with Crippen LogP contribution in [0.15, 0.2) is 30.3 Å². The normalized spacial score (nSPS) is 24.2. The number of amides is 2. The lowest BCUT2D eigenvalue weighted by Crippen LogP contribution is -2.45. The first-order valence-electron chi connectivity index (χ1n) is 9.82. The van der Waals surface area contributed by atoms with Crippen LogP contribution < -0.4 is 0 Å². The summed E-state index contributed by atoms with van der Waals surface area (Å²) in [5.41, 5.74) is 0.730. The molecule has 6 heteroatoms. The van der Waals surface area contributed by atoms with E-state index in [9.17, 15) is 19.5 Å². The van der Waals surface area contributed by atoms with Crippen LogP contribution in [-0.2, 0) is 20.8 Å². The Balaban J connectivity index is 1.43. The lowest BCUT2D eigenvalue weighted by molar-refractivity contribution is -0.148. The first kappa shape index (κ1) is 18.0. The highest BCUT2D eigenvalue weighted by Crippen LogP contribution is 2.44. The molecule has 1 atom stereocenters. The van der Waals surface area contributed by atoms with E-state index >= 15 is 0 Å². The third kappa shape index (κ3) is 3.70. The molecule has 2 aliphatic heterocycles. The van der Waals surface area contributed by atoms with Crippen molar-refractivity contribution in [1.29, 1.82) is 0 Å². The molecular formula is C21H26N2O4. The van der Waals surface area contributed by atoms with Crippen molar-refractivity contribution in [3.05, 3.63) is 35.9 Å². The monoisotopic (exact) mass is 370 g/mol. The second-order valence-corrected chi connectivity index (χ2v) is 8.34. The van der Waals surface area contributed by atoms with Crippen LogP contribution in [0.25, 0.3) is 0 Å². The van der Waals surface area contributed by atoms with Gasteiger partial charge in [-0.25, -0.2) is 4.79 Å². The SMILES string of the molecule is O=C(O)[C@@H]1CC2(CCN(C(=O)C3CC3)CC2)CN1C(=O)Cc1ccccc1. The number of likely N-dealkylation sites (tertiary alicyclic amines) is 2. The number of carbonyl (C=O) groups is 3. The minimum atomic E-state index is -0.926. The Kier molecular flexibility index (Phi) is 4.66. The van der Waals surface area contributed by atoms with E-state index in [2.05, 4.69) is 0 Å². The van der Waals surface area contributed by atoms with Crippen LogP contribution in [0.3, 0.4) is 0 Å². The molecule has 4 rings (SSSR count). The summed E-state index contributed by atoms with van der Waals surface area (Å²) in [6, 6.07) is 8.69. The van der Waals surface area contributed by atoms with Crippen molar-refractivity contribution in [2.75, 3.05) is 19.6 Å². The largest absolute Gasteiger partial charge is 0.480 e. The summed E-state index contributed by atoms with van der Waals surface area (Å²) in [6.45, 7) is 1.85. The van der Waals surface area contributed by atoms with Gasteiger partial charge in [-0.15, -0.1) is 0 Å². The van der Waals surface area contributed by atoms with Gasteiger partial charge in [0.25, 0.3) is 0 Å². The van der Waals surface area contributed by atoms with Crippen LogP contribution in [-0.4, -0.2) is 58.4 Å². The molecule has 3 fully saturated rings. The average Bonchev–Trinajstić information content (AvgIpc) is 3.45. The van der Waals surface area contributed by atoms with E-state index in [1.807, 2.05) is 35.2 Å². The number of carboxylic acids is 1. The second kappa shape index (κ2) is 6.98. The highest BCUT2D eigenvalue weighted by atomic mass is 16.4. The van der Waals surface area contributed by atoms with Gasteiger partial charge in [0.05, 0.1) is 6.42 Å². The van der Waals surface area contributed by atoms with Gasteiger partial charge in [0, 0.05) is 25.6 Å². The maximum absolute atomic E-state index is 12.8. The Morgan fingerprint density at radius 2 is 1.74 bits per heavy atom. The number of aliphatic carboxylic acids is 1. The first-order valence-corrected chi connectivity index (χ1v) is 9.82. The van der Waals surface area contributed by atoms with Crippen molar-refractivity contribution in [3.63, 3.8) is 0 Å². The van der Waals surface area contributed by atoms with Crippen molar-refractivity contribution in [2.45, 2.75) is 44.6 Å². The van der Waals surface area contributed by atoms with Crippen LogP contribution >= 0.6 is 0 Å². The maximum Gasteiger partial charge on any atom is 0.326 e. The van der Waals surface area contributed by atoms with E-state index in [-0.39, 0.29) is 29.6 Å². The Bertz CT molecular complexity index is 736. The number of carbonyl (C=O) groups excluding carboxylic acids is 2. The predicted molar refractivity (Wildman–Crippen MR) is 98.9 cm³/mol. The van der Waals surface area contributed by atoms with E-state index in [1.54, 1.807) is 4.90 Å². The highest BCUT2D eigenvalue weighted by molar-refractivity contribution is 5.86. The van der Waals surface area contributed by atoms with Crippen LogP contribution in [0.5, 0.6) is 0 Å². The Morgan fingerprint density at radius 3 is 2.33 bits per heavy atom. The summed E-state index contributed by atoms with van der Waals surface area (Å²) in [5, 5.41) is 9.68. The molecule has 6 nitrogen and oxygen atoms in total. The molecule has 2 heterocycles. The van der Waals surface area contributed by atoms with Crippen molar-refractivity contribution < 1.29 is 19.5 Å². The second-order valence-electron chi connectivity index (χ2n) is 8.34. The van der Waals surface area contributed by atoms with E-state index in [4.69, 9.17) is 0 Å². The van der Waals surface area contributed by atoms with Crippen molar-refractivity contribution in [1.82, 2.24) is 9.80 Å². The van der Waals surface area contributed by atoms with E-state index in [1.165, 1.54) is 0 Å².